The fourth-order valence-electron chi connectivity index (χ4n) is 3.87. The number of aryl methyl sites for hydroxylation is 2. The van der Waals surface area contributed by atoms with Crippen molar-refractivity contribution in [1.82, 2.24) is 20.3 Å². The molecule has 7 nitrogen and oxygen atoms in total. The number of carbonyl (C=O) groups is 1. The predicted molar refractivity (Wildman–Crippen MR) is 142 cm³/mol. The molecule has 2 N–H and O–H groups in total. The number of hydrogen-bond donors (Lipinski definition) is 2. The van der Waals surface area contributed by atoms with E-state index in [1.54, 1.807) is 4.80 Å². The number of para-hydroxylation sites is 1. The molecule has 35 heavy (non-hydrogen) atoms. The number of anilines is 1. The zero-order chi connectivity index (χ0) is 24.4. The van der Waals surface area contributed by atoms with Crippen LogP contribution in [0.5, 0.6) is 5.75 Å². The lowest BCUT2D eigenvalue weighted by Gasteiger charge is -2.12. The molecule has 1 amide bonds. The van der Waals surface area contributed by atoms with Crippen molar-refractivity contribution < 1.29 is 9.53 Å². The SMILES string of the molecule is Cc1cc2nn(-c3cccc4ccccc34)nc2cc1NC(=S)NC(=O)COc1ccccc1C. The molecule has 0 unspecified atom stereocenters. The molecule has 8 heteroatoms. The van der Waals surface area contributed by atoms with E-state index < -0.39 is 0 Å². The number of aromatic nitrogens is 3. The highest BCUT2D eigenvalue weighted by Gasteiger charge is 2.12. The van der Waals surface area contributed by atoms with Crippen LogP contribution in [0.1, 0.15) is 11.1 Å². The predicted octanol–water partition coefficient (Wildman–Crippen LogP) is 5.08. The molecule has 1 heterocycles. The fourth-order valence-corrected chi connectivity index (χ4v) is 4.09. The Morgan fingerprint density at radius 1 is 0.914 bits per heavy atom. The van der Waals surface area contributed by atoms with Gasteiger partial charge in [-0.1, -0.05) is 54.6 Å². The normalized spacial score (nSPS) is 10.9. The van der Waals surface area contributed by atoms with Gasteiger partial charge in [-0.05, 0) is 66.8 Å². The van der Waals surface area contributed by atoms with E-state index in [4.69, 9.17) is 17.0 Å². The molecule has 5 rings (SSSR count). The highest BCUT2D eigenvalue weighted by molar-refractivity contribution is 7.80. The molecule has 0 aliphatic heterocycles. The van der Waals surface area contributed by atoms with Gasteiger partial charge in [0.1, 0.15) is 16.8 Å². The maximum absolute atomic E-state index is 12.3. The van der Waals surface area contributed by atoms with Crippen molar-refractivity contribution in [1.29, 1.82) is 0 Å². The number of carbonyl (C=O) groups excluding carboxylic acids is 1. The van der Waals surface area contributed by atoms with Gasteiger partial charge in [-0.15, -0.1) is 15.0 Å². The van der Waals surface area contributed by atoms with Gasteiger partial charge in [-0.3, -0.25) is 10.1 Å². The number of hydrogen-bond acceptors (Lipinski definition) is 5. The van der Waals surface area contributed by atoms with Gasteiger partial charge in [0, 0.05) is 11.1 Å². The Hall–Kier alpha value is -4.30. The van der Waals surface area contributed by atoms with E-state index in [1.165, 1.54) is 0 Å². The third-order valence-corrected chi connectivity index (χ3v) is 5.87. The highest BCUT2D eigenvalue weighted by atomic mass is 32.1. The zero-order valence-corrected chi connectivity index (χ0v) is 20.1. The lowest BCUT2D eigenvalue weighted by Crippen LogP contribution is -2.37. The lowest BCUT2D eigenvalue weighted by atomic mass is 10.1. The van der Waals surface area contributed by atoms with Crippen LogP contribution < -0.4 is 15.4 Å². The van der Waals surface area contributed by atoms with Crippen LogP contribution in [-0.2, 0) is 4.79 Å². The van der Waals surface area contributed by atoms with Crippen LogP contribution >= 0.6 is 12.2 Å². The second kappa shape index (κ2) is 9.52. The Morgan fingerprint density at radius 3 is 2.46 bits per heavy atom. The van der Waals surface area contributed by atoms with Crippen molar-refractivity contribution in [2.45, 2.75) is 13.8 Å². The standard InChI is InChI=1S/C27H23N5O2S/c1-17-8-3-6-13-25(17)34-16-26(33)29-27(35)28-21-15-23-22(14-18(21)2)30-32(31-23)24-12-7-10-19-9-4-5-11-20(19)24/h3-15H,16H2,1-2H3,(H2,28,29,33,35). The summed E-state index contributed by atoms with van der Waals surface area (Å²) in [5.74, 6) is 0.323. The number of rotatable bonds is 5. The van der Waals surface area contributed by atoms with E-state index in [0.717, 1.165) is 38.8 Å². The first-order valence-electron chi connectivity index (χ1n) is 11.1. The molecule has 0 saturated heterocycles. The number of thiocarbonyl (C=S) groups is 1. The number of nitrogens with one attached hydrogen (secondary N) is 2. The molecule has 174 valence electrons. The van der Waals surface area contributed by atoms with E-state index >= 15 is 0 Å². The van der Waals surface area contributed by atoms with Crippen LogP contribution in [0.15, 0.2) is 78.9 Å². The minimum Gasteiger partial charge on any atom is -0.483 e. The summed E-state index contributed by atoms with van der Waals surface area (Å²) >= 11 is 5.35. The van der Waals surface area contributed by atoms with Crippen molar-refractivity contribution in [3.05, 3.63) is 90.0 Å². The molecule has 0 atom stereocenters. The zero-order valence-electron chi connectivity index (χ0n) is 19.3. The minimum absolute atomic E-state index is 0.135. The third-order valence-electron chi connectivity index (χ3n) is 5.66. The first kappa shape index (κ1) is 22.5. The monoisotopic (exact) mass is 481 g/mol. The third kappa shape index (κ3) is 4.83. The molecule has 1 aromatic heterocycles. The van der Waals surface area contributed by atoms with Crippen LogP contribution in [0.4, 0.5) is 5.69 Å². The Labute approximate surface area is 207 Å². The van der Waals surface area contributed by atoms with Gasteiger partial charge in [0.25, 0.3) is 5.91 Å². The summed E-state index contributed by atoms with van der Waals surface area (Å²) in [6.07, 6.45) is 0. The summed E-state index contributed by atoms with van der Waals surface area (Å²) in [7, 11) is 0. The second-order valence-electron chi connectivity index (χ2n) is 8.20. The van der Waals surface area contributed by atoms with Crippen LogP contribution in [-0.4, -0.2) is 32.6 Å². The van der Waals surface area contributed by atoms with E-state index in [0.29, 0.717) is 11.3 Å². The van der Waals surface area contributed by atoms with Crippen LogP contribution in [0.2, 0.25) is 0 Å². The number of nitrogens with zero attached hydrogens (tertiary/aromatic N) is 3. The Kier molecular flexibility index (Phi) is 6.12. The summed E-state index contributed by atoms with van der Waals surface area (Å²) in [4.78, 5) is 14.0. The van der Waals surface area contributed by atoms with Crippen molar-refractivity contribution in [2.75, 3.05) is 11.9 Å². The quantitative estimate of drug-likeness (QED) is 0.341. The summed E-state index contributed by atoms with van der Waals surface area (Å²) in [5.41, 5.74) is 5.01. The Morgan fingerprint density at radius 2 is 1.63 bits per heavy atom. The van der Waals surface area contributed by atoms with Crippen LogP contribution in [0.25, 0.3) is 27.5 Å². The van der Waals surface area contributed by atoms with E-state index in [9.17, 15) is 4.79 Å². The average molecular weight is 482 g/mol. The summed E-state index contributed by atoms with van der Waals surface area (Å²) in [6, 6.07) is 25.5. The molecule has 0 saturated carbocycles. The second-order valence-corrected chi connectivity index (χ2v) is 8.61. The van der Waals surface area contributed by atoms with Crippen molar-refractivity contribution in [2.24, 2.45) is 0 Å². The van der Waals surface area contributed by atoms with Crippen LogP contribution in [0.3, 0.4) is 0 Å². The smallest absolute Gasteiger partial charge is 0.264 e. The van der Waals surface area contributed by atoms with Gasteiger partial charge in [0.15, 0.2) is 11.7 Å². The van der Waals surface area contributed by atoms with Gasteiger partial charge in [-0.2, -0.15) is 0 Å². The average Bonchev–Trinajstić information content (AvgIpc) is 3.25. The van der Waals surface area contributed by atoms with Crippen molar-refractivity contribution in [3.8, 4) is 11.4 Å². The van der Waals surface area contributed by atoms with E-state index in [1.807, 2.05) is 74.5 Å². The molecule has 0 fully saturated rings. The lowest BCUT2D eigenvalue weighted by molar-refractivity contribution is -0.121. The van der Waals surface area contributed by atoms with Crippen molar-refractivity contribution in [3.63, 3.8) is 0 Å². The number of ether oxygens (including phenoxy) is 1. The van der Waals surface area contributed by atoms with Gasteiger partial charge in [-0.25, -0.2) is 0 Å². The molecule has 0 radical (unpaired) electrons. The largest absolute Gasteiger partial charge is 0.483 e. The number of fused-ring (bicyclic) bond motifs is 2. The maximum Gasteiger partial charge on any atom is 0.264 e. The fraction of sp³-hybridized carbons (Fsp3) is 0.111. The molecule has 0 aliphatic carbocycles. The van der Waals surface area contributed by atoms with E-state index in [-0.39, 0.29) is 17.6 Å². The van der Waals surface area contributed by atoms with Gasteiger partial charge in [0.2, 0.25) is 0 Å². The maximum atomic E-state index is 12.3. The molecule has 0 spiro atoms. The first-order valence-corrected chi connectivity index (χ1v) is 11.5. The summed E-state index contributed by atoms with van der Waals surface area (Å²) < 4.78 is 5.59. The molecule has 0 aliphatic rings. The number of amides is 1. The van der Waals surface area contributed by atoms with Gasteiger partial charge < -0.3 is 10.1 Å². The molecular formula is C27H23N5O2S. The highest BCUT2D eigenvalue weighted by Crippen LogP contribution is 2.25. The minimum atomic E-state index is -0.341. The van der Waals surface area contributed by atoms with Crippen LogP contribution in [0, 0.1) is 13.8 Å². The first-order chi connectivity index (χ1) is 17.0. The van der Waals surface area contributed by atoms with E-state index in [2.05, 4.69) is 39.0 Å². The summed E-state index contributed by atoms with van der Waals surface area (Å²) in [6.45, 7) is 3.74. The topological polar surface area (TPSA) is 81.1 Å². The Bertz CT molecular complexity index is 1570. The molecular weight excluding hydrogens is 458 g/mol. The van der Waals surface area contributed by atoms with Gasteiger partial charge >= 0.3 is 0 Å². The molecule has 0 bridgehead atoms. The number of benzene rings is 4. The van der Waals surface area contributed by atoms with Gasteiger partial charge in [0.05, 0.1) is 5.69 Å². The molecule has 5 aromatic rings. The molecule has 4 aromatic carbocycles. The Balaban J connectivity index is 1.31. The van der Waals surface area contributed by atoms with Crippen molar-refractivity contribution >= 4 is 50.7 Å². The summed E-state index contributed by atoms with van der Waals surface area (Å²) in [5, 5.41) is 17.5.